The largest absolute Gasteiger partial charge is 0.399 e. The summed E-state index contributed by atoms with van der Waals surface area (Å²) in [5, 5.41) is 0.144. The van der Waals surface area contributed by atoms with Gasteiger partial charge in [0, 0.05) is 21.8 Å². The van der Waals surface area contributed by atoms with Crippen molar-refractivity contribution in [1.82, 2.24) is 5.43 Å². The van der Waals surface area contributed by atoms with Crippen LogP contribution in [0.25, 0.3) is 0 Å². The fourth-order valence-corrected chi connectivity index (χ4v) is 2.37. The number of benzene rings is 1. The molecule has 2 unspecified atom stereocenters. The molecule has 0 aliphatic carbocycles. The molecule has 1 aromatic carbocycles. The molecule has 16 heavy (non-hydrogen) atoms. The van der Waals surface area contributed by atoms with Crippen molar-refractivity contribution in [2.45, 2.75) is 24.0 Å². The Kier molecular flexibility index (Phi) is 4.64. The topological polar surface area (TPSA) is 81.1 Å². The third-order valence-electron chi connectivity index (χ3n) is 2.44. The summed E-state index contributed by atoms with van der Waals surface area (Å²) < 4.78 is 0. The Hall–Kier alpha value is -1.20. The molecule has 0 saturated carbocycles. The summed E-state index contributed by atoms with van der Waals surface area (Å²) in [6.07, 6.45) is 0. The standard InChI is InChI=1S/C11H17N3OS/c1-7(11(15)14-13)8(2)16-10-5-3-4-9(12)6-10/h3-8H,12-13H2,1-2H3,(H,14,15). The van der Waals surface area contributed by atoms with E-state index in [-0.39, 0.29) is 17.1 Å². The third-order valence-corrected chi connectivity index (χ3v) is 3.75. The first-order valence-corrected chi connectivity index (χ1v) is 5.95. The maximum Gasteiger partial charge on any atom is 0.237 e. The fourth-order valence-electron chi connectivity index (χ4n) is 1.25. The van der Waals surface area contributed by atoms with E-state index in [9.17, 15) is 4.79 Å². The van der Waals surface area contributed by atoms with Gasteiger partial charge in [0.25, 0.3) is 0 Å². The highest BCUT2D eigenvalue weighted by Gasteiger charge is 2.20. The Morgan fingerprint density at radius 2 is 2.12 bits per heavy atom. The van der Waals surface area contributed by atoms with Gasteiger partial charge in [-0.1, -0.05) is 19.9 Å². The lowest BCUT2D eigenvalue weighted by Crippen LogP contribution is -2.38. The van der Waals surface area contributed by atoms with Gasteiger partial charge in [0.15, 0.2) is 0 Å². The van der Waals surface area contributed by atoms with E-state index >= 15 is 0 Å². The van der Waals surface area contributed by atoms with Gasteiger partial charge < -0.3 is 5.73 Å². The zero-order valence-electron chi connectivity index (χ0n) is 9.44. The predicted molar refractivity (Wildman–Crippen MR) is 67.7 cm³/mol. The number of amides is 1. The molecule has 0 spiro atoms. The van der Waals surface area contributed by atoms with Crippen LogP contribution in [-0.2, 0) is 4.79 Å². The normalized spacial score (nSPS) is 14.2. The van der Waals surface area contributed by atoms with Gasteiger partial charge in [-0.3, -0.25) is 10.2 Å². The number of nitrogens with two attached hydrogens (primary N) is 2. The van der Waals surface area contributed by atoms with Gasteiger partial charge in [-0.25, -0.2) is 5.84 Å². The van der Waals surface area contributed by atoms with Gasteiger partial charge >= 0.3 is 0 Å². The monoisotopic (exact) mass is 239 g/mol. The van der Waals surface area contributed by atoms with E-state index in [1.165, 1.54) is 0 Å². The Morgan fingerprint density at radius 1 is 1.44 bits per heavy atom. The number of thioether (sulfide) groups is 1. The summed E-state index contributed by atoms with van der Waals surface area (Å²) in [6.45, 7) is 3.85. The molecule has 1 rings (SSSR count). The average Bonchev–Trinajstić information content (AvgIpc) is 2.27. The predicted octanol–water partition coefficient (Wildman–Crippen LogP) is 1.38. The molecule has 0 saturated heterocycles. The highest BCUT2D eigenvalue weighted by Crippen LogP contribution is 2.28. The van der Waals surface area contributed by atoms with E-state index in [0.717, 1.165) is 10.6 Å². The van der Waals surface area contributed by atoms with Gasteiger partial charge in [0.05, 0.1) is 0 Å². The second-order valence-corrected chi connectivity index (χ2v) is 5.14. The summed E-state index contributed by atoms with van der Waals surface area (Å²) in [4.78, 5) is 12.4. The van der Waals surface area contributed by atoms with E-state index in [4.69, 9.17) is 11.6 Å². The van der Waals surface area contributed by atoms with Crippen LogP contribution < -0.4 is 17.0 Å². The van der Waals surface area contributed by atoms with Crippen molar-refractivity contribution in [2.24, 2.45) is 11.8 Å². The number of nitrogens with one attached hydrogen (secondary N) is 1. The molecule has 1 amide bonds. The van der Waals surface area contributed by atoms with Crippen molar-refractivity contribution in [3.05, 3.63) is 24.3 Å². The van der Waals surface area contributed by atoms with Crippen molar-refractivity contribution >= 4 is 23.4 Å². The van der Waals surface area contributed by atoms with Gasteiger partial charge in [0.2, 0.25) is 5.91 Å². The first-order valence-electron chi connectivity index (χ1n) is 5.07. The van der Waals surface area contributed by atoms with E-state index < -0.39 is 0 Å². The number of carbonyl (C=O) groups is 1. The van der Waals surface area contributed by atoms with Crippen molar-refractivity contribution in [3.8, 4) is 0 Å². The number of anilines is 1. The van der Waals surface area contributed by atoms with Crippen LogP contribution >= 0.6 is 11.8 Å². The molecule has 0 heterocycles. The highest BCUT2D eigenvalue weighted by molar-refractivity contribution is 8.00. The molecule has 88 valence electrons. The molecule has 5 N–H and O–H groups in total. The van der Waals surface area contributed by atoms with Gasteiger partial charge in [-0.15, -0.1) is 11.8 Å². The van der Waals surface area contributed by atoms with Crippen LogP contribution in [0.4, 0.5) is 5.69 Å². The summed E-state index contributed by atoms with van der Waals surface area (Å²) >= 11 is 1.61. The lowest BCUT2D eigenvalue weighted by molar-refractivity contribution is -0.124. The summed E-state index contributed by atoms with van der Waals surface area (Å²) in [5.74, 6) is 4.81. The number of nitrogen functional groups attached to an aromatic ring is 1. The Labute approximate surface area is 99.7 Å². The van der Waals surface area contributed by atoms with Crippen LogP contribution in [0.3, 0.4) is 0 Å². The fraction of sp³-hybridized carbons (Fsp3) is 0.364. The van der Waals surface area contributed by atoms with E-state index in [2.05, 4.69) is 5.43 Å². The minimum atomic E-state index is -0.149. The van der Waals surface area contributed by atoms with Crippen LogP contribution in [-0.4, -0.2) is 11.2 Å². The summed E-state index contributed by atoms with van der Waals surface area (Å²) in [6, 6.07) is 7.61. The zero-order valence-corrected chi connectivity index (χ0v) is 10.3. The van der Waals surface area contributed by atoms with Crippen LogP contribution in [0.2, 0.25) is 0 Å². The number of hydrazine groups is 1. The van der Waals surface area contributed by atoms with Gasteiger partial charge in [-0.2, -0.15) is 0 Å². The quantitative estimate of drug-likeness (QED) is 0.244. The molecule has 5 heteroatoms. The molecular weight excluding hydrogens is 222 g/mol. The smallest absolute Gasteiger partial charge is 0.237 e. The Bertz CT molecular complexity index is 370. The summed E-state index contributed by atoms with van der Waals surface area (Å²) in [7, 11) is 0. The van der Waals surface area contributed by atoms with Crippen LogP contribution in [0, 0.1) is 5.92 Å². The number of hydrogen-bond acceptors (Lipinski definition) is 4. The highest BCUT2D eigenvalue weighted by atomic mass is 32.2. The molecule has 0 bridgehead atoms. The minimum Gasteiger partial charge on any atom is -0.399 e. The van der Waals surface area contributed by atoms with Crippen molar-refractivity contribution in [3.63, 3.8) is 0 Å². The second kappa shape index (κ2) is 5.77. The second-order valence-electron chi connectivity index (χ2n) is 3.69. The molecule has 0 aliphatic heterocycles. The van der Waals surface area contributed by atoms with E-state index in [1.807, 2.05) is 38.1 Å². The van der Waals surface area contributed by atoms with Crippen LogP contribution in [0.1, 0.15) is 13.8 Å². The molecule has 0 radical (unpaired) electrons. The van der Waals surface area contributed by atoms with Crippen molar-refractivity contribution in [2.75, 3.05) is 5.73 Å². The summed E-state index contributed by atoms with van der Waals surface area (Å²) in [5.41, 5.74) is 8.58. The van der Waals surface area contributed by atoms with Crippen molar-refractivity contribution in [1.29, 1.82) is 0 Å². The molecular formula is C11H17N3OS. The number of carbonyl (C=O) groups excluding carboxylic acids is 1. The van der Waals surface area contributed by atoms with Gasteiger partial charge in [-0.05, 0) is 18.2 Å². The molecule has 1 aromatic rings. The Balaban J connectivity index is 2.64. The molecule has 4 nitrogen and oxygen atoms in total. The first kappa shape index (κ1) is 12.9. The van der Waals surface area contributed by atoms with Crippen molar-refractivity contribution < 1.29 is 4.79 Å². The van der Waals surface area contributed by atoms with Crippen LogP contribution in [0.15, 0.2) is 29.2 Å². The van der Waals surface area contributed by atoms with Crippen LogP contribution in [0.5, 0.6) is 0 Å². The number of hydrogen-bond donors (Lipinski definition) is 3. The SMILES string of the molecule is CC(Sc1cccc(N)c1)C(C)C(=O)NN. The van der Waals surface area contributed by atoms with E-state index in [0.29, 0.717) is 0 Å². The number of rotatable bonds is 4. The minimum absolute atomic E-state index is 0.142. The Morgan fingerprint density at radius 3 is 2.69 bits per heavy atom. The maximum atomic E-state index is 11.3. The lowest BCUT2D eigenvalue weighted by atomic mass is 10.1. The zero-order chi connectivity index (χ0) is 12.1. The molecule has 0 aromatic heterocycles. The molecule has 0 fully saturated rings. The molecule has 0 aliphatic rings. The van der Waals surface area contributed by atoms with E-state index in [1.54, 1.807) is 11.8 Å². The first-order chi connectivity index (χ1) is 7.54. The third kappa shape index (κ3) is 3.43. The maximum absolute atomic E-state index is 11.3. The lowest BCUT2D eigenvalue weighted by Gasteiger charge is -2.17. The molecule has 2 atom stereocenters. The van der Waals surface area contributed by atoms with Gasteiger partial charge in [0.1, 0.15) is 0 Å². The average molecular weight is 239 g/mol.